The molecule has 26 heavy (non-hydrogen) atoms. The predicted molar refractivity (Wildman–Crippen MR) is 92.8 cm³/mol. The number of nitro benzene ring substituents is 1. The molecule has 0 spiro atoms. The summed E-state index contributed by atoms with van der Waals surface area (Å²) >= 11 is 0. The number of amidine groups is 1. The van der Waals surface area contributed by atoms with Gasteiger partial charge in [0, 0.05) is 24.9 Å². The van der Waals surface area contributed by atoms with Gasteiger partial charge in [-0.3, -0.25) is 10.1 Å². The van der Waals surface area contributed by atoms with Gasteiger partial charge in [0.25, 0.3) is 15.7 Å². The zero-order chi connectivity index (χ0) is 18.9. The Morgan fingerprint density at radius 2 is 2.19 bits per heavy atom. The van der Waals surface area contributed by atoms with E-state index < -0.39 is 27.0 Å². The fraction of sp³-hybridized carbons (Fsp3) is 0.250. The third kappa shape index (κ3) is 3.64. The molecule has 0 amide bonds. The number of nitrogens with zero attached hydrogens (tertiary/aromatic N) is 3. The highest BCUT2D eigenvalue weighted by Gasteiger charge is 2.31. The van der Waals surface area contributed by atoms with Crippen LogP contribution in [0.3, 0.4) is 0 Å². The monoisotopic (exact) mass is 377 g/mol. The number of carbonyl (C=O) groups is 1. The van der Waals surface area contributed by atoms with Crippen LogP contribution in [0.25, 0.3) is 0 Å². The van der Waals surface area contributed by atoms with Crippen molar-refractivity contribution in [2.45, 2.75) is 13.0 Å². The van der Waals surface area contributed by atoms with E-state index >= 15 is 0 Å². The van der Waals surface area contributed by atoms with Crippen molar-refractivity contribution in [1.29, 1.82) is 0 Å². The second kappa shape index (κ2) is 6.71. The SMILES string of the molecule is C[C@H](OC(=O)C1=CC=CN2CCS(=O)(=O)N=C12)c1cccc([N+](=O)[O-])c1. The molecule has 2 aliphatic rings. The molecule has 10 heteroatoms. The van der Waals surface area contributed by atoms with Gasteiger partial charge in [-0.2, -0.15) is 0 Å². The summed E-state index contributed by atoms with van der Waals surface area (Å²) in [5, 5.41) is 10.9. The average molecular weight is 377 g/mol. The number of sulfonamides is 1. The summed E-state index contributed by atoms with van der Waals surface area (Å²) in [5.41, 5.74) is 0.363. The van der Waals surface area contributed by atoms with Gasteiger partial charge in [0.05, 0.1) is 10.7 Å². The van der Waals surface area contributed by atoms with E-state index in [1.165, 1.54) is 24.3 Å². The molecule has 1 aromatic rings. The standard InChI is InChI=1S/C16H15N3O6S/c1-11(12-4-2-5-13(10-12)19(21)22)25-16(20)14-6-3-7-18-8-9-26(23,24)17-15(14)18/h2-7,10-11H,8-9H2,1H3/t11-/m0/s1. The van der Waals surface area contributed by atoms with E-state index in [2.05, 4.69) is 4.40 Å². The zero-order valence-corrected chi connectivity index (χ0v) is 14.5. The summed E-state index contributed by atoms with van der Waals surface area (Å²) in [7, 11) is -3.63. The van der Waals surface area contributed by atoms with Gasteiger partial charge >= 0.3 is 5.97 Å². The largest absolute Gasteiger partial charge is 0.454 e. The maximum absolute atomic E-state index is 12.5. The van der Waals surface area contributed by atoms with Crippen LogP contribution in [-0.2, 0) is 19.6 Å². The molecule has 0 fully saturated rings. The van der Waals surface area contributed by atoms with Crippen molar-refractivity contribution in [3.05, 3.63) is 63.9 Å². The van der Waals surface area contributed by atoms with E-state index in [-0.39, 0.29) is 29.4 Å². The molecular weight excluding hydrogens is 362 g/mol. The van der Waals surface area contributed by atoms with Crippen molar-refractivity contribution in [2.75, 3.05) is 12.3 Å². The number of nitro groups is 1. The lowest BCUT2D eigenvalue weighted by molar-refractivity contribution is -0.385. The van der Waals surface area contributed by atoms with Crippen LogP contribution in [0, 0.1) is 10.1 Å². The average Bonchev–Trinajstić information content (AvgIpc) is 2.60. The van der Waals surface area contributed by atoms with Gasteiger partial charge in [-0.05, 0) is 24.6 Å². The van der Waals surface area contributed by atoms with Gasteiger partial charge in [-0.25, -0.2) is 13.2 Å². The number of carbonyl (C=O) groups excluding carboxylic acids is 1. The number of non-ortho nitro benzene ring substituents is 1. The molecule has 0 saturated carbocycles. The van der Waals surface area contributed by atoms with Crippen molar-refractivity contribution in [2.24, 2.45) is 4.40 Å². The lowest BCUT2D eigenvalue weighted by atomic mass is 10.1. The summed E-state index contributed by atoms with van der Waals surface area (Å²) in [6, 6.07) is 5.77. The van der Waals surface area contributed by atoms with Crippen molar-refractivity contribution in [3.8, 4) is 0 Å². The van der Waals surface area contributed by atoms with Crippen molar-refractivity contribution in [1.82, 2.24) is 4.90 Å². The molecule has 0 aliphatic carbocycles. The highest BCUT2D eigenvalue weighted by molar-refractivity contribution is 7.90. The van der Waals surface area contributed by atoms with Gasteiger partial charge in [0.2, 0.25) is 0 Å². The second-order valence-corrected chi connectivity index (χ2v) is 7.47. The van der Waals surface area contributed by atoms with Crippen LogP contribution in [0.1, 0.15) is 18.6 Å². The van der Waals surface area contributed by atoms with E-state index in [4.69, 9.17) is 4.74 Å². The fourth-order valence-corrected chi connectivity index (χ4v) is 3.54. The molecule has 2 heterocycles. The van der Waals surface area contributed by atoms with Crippen LogP contribution in [-0.4, -0.2) is 42.3 Å². The molecule has 9 nitrogen and oxygen atoms in total. The summed E-state index contributed by atoms with van der Waals surface area (Å²) in [5.74, 6) is -0.864. The Kier molecular flexibility index (Phi) is 4.60. The molecule has 136 valence electrons. The molecule has 1 atom stereocenters. The molecule has 1 aromatic carbocycles. The second-order valence-electron chi connectivity index (χ2n) is 5.72. The Morgan fingerprint density at radius 1 is 1.42 bits per heavy atom. The molecule has 3 rings (SSSR count). The summed E-state index contributed by atoms with van der Waals surface area (Å²) < 4.78 is 32.5. The first-order chi connectivity index (χ1) is 12.3. The molecule has 0 N–H and O–H groups in total. The Labute approximate surface area is 149 Å². The summed E-state index contributed by atoms with van der Waals surface area (Å²) in [4.78, 5) is 24.4. The predicted octanol–water partition coefficient (Wildman–Crippen LogP) is 1.70. The highest BCUT2D eigenvalue weighted by atomic mass is 32.2. The Morgan fingerprint density at radius 3 is 2.92 bits per heavy atom. The highest BCUT2D eigenvalue weighted by Crippen LogP contribution is 2.25. The zero-order valence-electron chi connectivity index (χ0n) is 13.7. The Hall–Kier alpha value is -3.01. The molecule has 0 unspecified atom stereocenters. The van der Waals surface area contributed by atoms with Gasteiger partial charge in [0.15, 0.2) is 5.84 Å². The lowest BCUT2D eigenvalue weighted by Crippen LogP contribution is -2.40. The van der Waals surface area contributed by atoms with E-state index in [0.717, 1.165) is 0 Å². The minimum atomic E-state index is -3.63. The molecule has 0 bridgehead atoms. The van der Waals surface area contributed by atoms with E-state index in [0.29, 0.717) is 5.56 Å². The van der Waals surface area contributed by atoms with Crippen LogP contribution < -0.4 is 0 Å². The number of esters is 1. The first kappa shape index (κ1) is 17.8. The Bertz CT molecular complexity index is 964. The molecule has 2 aliphatic heterocycles. The van der Waals surface area contributed by atoms with Crippen LogP contribution >= 0.6 is 0 Å². The van der Waals surface area contributed by atoms with Crippen LogP contribution in [0.2, 0.25) is 0 Å². The van der Waals surface area contributed by atoms with Crippen molar-refractivity contribution < 1.29 is 22.9 Å². The quantitative estimate of drug-likeness (QED) is 0.445. The van der Waals surface area contributed by atoms with Crippen LogP contribution in [0.4, 0.5) is 5.69 Å². The maximum atomic E-state index is 12.5. The van der Waals surface area contributed by atoms with E-state index in [1.54, 1.807) is 30.2 Å². The smallest absolute Gasteiger partial charge is 0.342 e. The van der Waals surface area contributed by atoms with Gasteiger partial charge in [-0.1, -0.05) is 12.1 Å². The van der Waals surface area contributed by atoms with Crippen LogP contribution in [0.15, 0.2) is 52.6 Å². The number of rotatable bonds is 4. The van der Waals surface area contributed by atoms with E-state index in [1.807, 2.05) is 0 Å². The third-order valence-corrected chi connectivity index (χ3v) is 5.06. The minimum Gasteiger partial charge on any atom is -0.454 e. The number of hydrogen-bond donors (Lipinski definition) is 0. The maximum Gasteiger partial charge on any atom is 0.342 e. The normalized spacial score (nSPS) is 19.0. The molecule has 0 aromatic heterocycles. The first-order valence-electron chi connectivity index (χ1n) is 7.70. The minimum absolute atomic E-state index is 0.0213. The number of allylic oxidation sites excluding steroid dienone is 2. The van der Waals surface area contributed by atoms with Gasteiger partial charge in [-0.15, -0.1) is 4.40 Å². The number of fused-ring (bicyclic) bond motifs is 1. The fourth-order valence-electron chi connectivity index (χ4n) is 2.56. The molecule has 0 radical (unpaired) electrons. The third-order valence-electron chi connectivity index (χ3n) is 3.91. The van der Waals surface area contributed by atoms with Crippen molar-refractivity contribution >= 4 is 27.5 Å². The van der Waals surface area contributed by atoms with Gasteiger partial charge < -0.3 is 9.64 Å². The Balaban J connectivity index is 1.82. The summed E-state index contributed by atoms with van der Waals surface area (Å²) in [6.07, 6.45) is 3.90. The number of benzene rings is 1. The summed E-state index contributed by atoms with van der Waals surface area (Å²) in [6.45, 7) is 1.77. The van der Waals surface area contributed by atoms with Gasteiger partial charge in [0.1, 0.15) is 11.7 Å². The van der Waals surface area contributed by atoms with E-state index in [9.17, 15) is 23.3 Å². The topological polar surface area (TPSA) is 119 Å². The number of ether oxygens (including phenoxy) is 1. The van der Waals surface area contributed by atoms with Crippen molar-refractivity contribution in [3.63, 3.8) is 0 Å². The number of hydrogen-bond acceptors (Lipinski definition) is 7. The molecular formula is C16H15N3O6S. The first-order valence-corrected chi connectivity index (χ1v) is 9.31. The molecule has 0 saturated heterocycles. The lowest BCUT2D eigenvalue weighted by Gasteiger charge is -2.28. The van der Waals surface area contributed by atoms with Crippen LogP contribution in [0.5, 0.6) is 0 Å².